The summed E-state index contributed by atoms with van der Waals surface area (Å²) in [5.41, 5.74) is 3.00. The average Bonchev–Trinajstić information content (AvgIpc) is 2.47. The molecular weight excluding hydrogens is 252 g/mol. The van der Waals surface area contributed by atoms with Gasteiger partial charge >= 0.3 is 0 Å². The number of pyridine rings is 1. The minimum absolute atomic E-state index is 0.322. The van der Waals surface area contributed by atoms with Gasteiger partial charge in [-0.15, -0.1) is 0 Å². The van der Waals surface area contributed by atoms with Crippen LogP contribution in [0.2, 0.25) is 0 Å². The van der Waals surface area contributed by atoms with E-state index in [-0.39, 0.29) is 0 Å². The van der Waals surface area contributed by atoms with Gasteiger partial charge in [-0.05, 0) is 18.9 Å². The number of nitrogens with zero attached hydrogens (tertiary/aromatic N) is 3. The van der Waals surface area contributed by atoms with E-state index in [9.17, 15) is 0 Å². The van der Waals surface area contributed by atoms with Crippen molar-refractivity contribution in [3.63, 3.8) is 0 Å². The van der Waals surface area contributed by atoms with Crippen LogP contribution in [0.5, 0.6) is 5.88 Å². The maximum absolute atomic E-state index is 5.09. The Morgan fingerprint density at radius 3 is 2.55 bits per heavy atom. The highest BCUT2D eigenvalue weighted by Gasteiger charge is 2.16. The number of hydrogen-bond acceptors (Lipinski definition) is 5. The van der Waals surface area contributed by atoms with E-state index < -0.39 is 0 Å². The van der Waals surface area contributed by atoms with Crippen LogP contribution in [-0.2, 0) is 0 Å². The molecule has 0 aliphatic rings. The van der Waals surface area contributed by atoms with Gasteiger partial charge in [-0.25, -0.2) is 15.0 Å². The van der Waals surface area contributed by atoms with Gasteiger partial charge in [0.1, 0.15) is 12.1 Å². The van der Waals surface area contributed by atoms with Crippen LogP contribution >= 0.6 is 0 Å². The normalized spacial score (nSPS) is 10.7. The molecule has 0 spiro atoms. The number of ether oxygens (including phenoxy) is 1. The van der Waals surface area contributed by atoms with Crippen LogP contribution in [0, 0.1) is 0 Å². The second kappa shape index (κ2) is 6.32. The summed E-state index contributed by atoms with van der Waals surface area (Å²) >= 11 is 0. The molecule has 20 heavy (non-hydrogen) atoms. The van der Waals surface area contributed by atoms with Crippen LogP contribution in [0.25, 0.3) is 11.3 Å². The zero-order valence-corrected chi connectivity index (χ0v) is 12.3. The van der Waals surface area contributed by atoms with E-state index in [0.29, 0.717) is 11.8 Å². The van der Waals surface area contributed by atoms with Crippen molar-refractivity contribution in [2.75, 3.05) is 19.0 Å². The molecule has 0 saturated carbocycles. The standard InChI is InChI=1S/C15H20N4O/c1-5-16-15-13(10(2)3)14(18-9-19-15)11-6-7-12(20-4)17-8-11/h6-10H,5H2,1-4H3,(H,16,18,19). The lowest BCUT2D eigenvalue weighted by atomic mass is 9.98. The van der Waals surface area contributed by atoms with Crippen molar-refractivity contribution < 1.29 is 4.74 Å². The third-order valence-electron chi connectivity index (χ3n) is 3.02. The van der Waals surface area contributed by atoms with Gasteiger partial charge in [0.05, 0.1) is 12.8 Å². The lowest BCUT2D eigenvalue weighted by Gasteiger charge is -2.16. The summed E-state index contributed by atoms with van der Waals surface area (Å²) in [6.07, 6.45) is 3.37. The molecule has 0 unspecified atom stereocenters. The first-order chi connectivity index (χ1) is 9.67. The third kappa shape index (κ3) is 2.87. The predicted molar refractivity (Wildman–Crippen MR) is 80.1 cm³/mol. The molecule has 5 heteroatoms. The molecule has 0 bridgehead atoms. The molecule has 0 aliphatic heterocycles. The molecule has 0 saturated heterocycles. The zero-order chi connectivity index (χ0) is 14.5. The molecule has 0 atom stereocenters. The molecule has 2 rings (SSSR count). The summed E-state index contributed by atoms with van der Waals surface area (Å²) in [5, 5.41) is 3.29. The van der Waals surface area contributed by atoms with Gasteiger partial charge in [-0.2, -0.15) is 0 Å². The molecule has 0 aromatic carbocycles. The molecule has 106 valence electrons. The quantitative estimate of drug-likeness (QED) is 0.906. The minimum atomic E-state index is 0.322. The highest BCUT2D eigenvalue weighted by molar-refractivity contribution is 5.68. The summed E-state index contributed by atoms with van der Waals surface area (Å²) < 4.78 is 5.09. The first-order valence-corrected chi connectivity index (χ1v) is 6.76. The Morgan fingerprint density at radius 2 is 2.00 bits per heavy atom. The number of aromatic nitrogens is 3. The van der Waals surface area contributed by atoms with Gasteiger partial charge in [0.15, 0.2) is 0 Å². The van der Waals surface area contributed by atoms with Gasteiger partial charge in [-0.3, -0.25) is 0 Å². The number of methoxy groups -OCH3 is 1. The van der Waals surface area contributed by atoms with Gasteiger partial charge in [0.2, 0.25) is 5.88 Å². The smallest absolute Gasteiger partial charge is 0.212 e. The highest BCUT2D eigenvalue weighted by atomic mass is 16.5. The van der Waals surface area contributed by atoms with Crippen molar-refractivity contribution >= 4 is 5.82 Å². The fourth-order valence-corrected chi connectivity index (χ4v) is 2.12. The topological polar surface area (TPSA) is 59.9 Å². The number of rotatable bonds is 5. The van der Waals surface area contributed by atoms with E-state index in [1.54, 1.807) is 19.6 Å². The molecule has 0 aliphatic carbocycles. The fraction of sp³-hybridized carbons (Fsp3) is 0.400. The lowest BCUT2D eigenvalue weighted by molar-refractivity contribution is 0.398. The molecule has 0 fully saturated rings. The summed E-state index contributed by atoms with van der Waals surface area (Å²) in [6.45, 7) is 7.16. The van der Waals surface area contributed by atoms with Crippen LogP contribution < -0.4 is 10.1 Å². The molecule has 0 amide bonds. The molecule has 5 nitrogen and oxygen atoms in total. The van der Waals surface area contributed by atoms with E-state index in [2.05, 4.69) is 41.0 Å². The highest BCUT2D eigenvalue weighted by Crippen LogP contribution is 2.31. The summed E-state index contributed by atoms with van der Waals surface area (Å²) in [7, 11) is 1.61. The Bertz CT molecular complexity index is 567. The Kier molecular flexibility index (Phi) is 4.50. The van der Waals surface area contributed by atoms with E-state index >= 15 is 0 Å². The molecule has 0 radical (unpaired) electrons. The summed E-state index contributed by atoms with van der Waals surface area (Å²) in [4.78, 5) is 13.0. The maximum Gasteiger partial charge on any atom is 0.212 e. The molecule has 1 N–H and O–H groups in total. The van der Waals surface area contributed by atoms with Crippen molar-refractivity contribution in [2.45, 2.75) is 26.7 Å². The van der Waals surface area contributed by atoms with Crippen LogP contribution in [0.1, 0.15) is 32.3 Å². The second-order valence-corrected chi connectivity index (χ2v) is 4.76. The molecular formula is C15H20N4O. The van der Waals surface area contributed by atoms with Crippen molar-refractivity contribution in [2.24, 2.45) is 0 Å². The van der Waals surface area contributed by atoms with Crippen LogP contribution in [0.4, 0.5) is 5.82 Å². The van der Waals surface area contributed by atoms with Crippen LogP contribution in [0.3, 0.4) is 0 Å². The monoisotopic (exact) mass is 272 g/mol. The van der Waals surface area contributed by atoms with Crippen LogP contribution in [-0.4, -0.2) is 28.6 Å². The second-order valence-electron chi connectivity index (χ2n) is 4.76. The Labute approximate surface area is 119 Å². The molecule has 2 aromatic heterocycles. The summed E-state index contributed by atoms with van der Waals surface area (Å²) in [6, 6.07) is 3.81. The predicted octanol–water partition coefficient (Wildman–Crippen LogP) is 3.10. The minimum Gasteiger partial charge on any atom is -0.481 e. The van der Waals surface area contributed by atoms with Gasteiger partial charge in [0.25, 0.3) is 0 Å². The number of hydrogen-bond donors (Lipinski definition) is 1. The Hall–Kier alpha value is -2.17. The van der Waals surface area contributed by atoms with Crippen molar-refractivity contribution in [1.82, 2.24) is 15.0 Å². The van der Waals surface area contributed by atoms with Gasteiger partial charge in [-0.1, -0.05) is 13.8 Å². The van der Waals surface area contributed by atoms with Crippen molar-refractivity contribution in [3.8, 4) is 17.1 Å². The van der Waals surface area contributed by atoms with Gasteiger partial charge in [0, 0.05) is 29.9 Å². The van der Waals surface area contributed by atoms with Crippen LogP contribution in [0.15, 0.2) is 24.7 Å². The largest absolute Gasteiger partial charge is 0.481 e. The number of anilines is 1. The number of nitrogens with one attached hydrogen (secondary N) is 1. The van der Waals surface area contributed by atoms with E-state index in [1.807, 2.05) is 12.1 Å². The van der Waals surface area contributed by atoms with E-state index in [4.69, 9.17) is 4.74 Å². The van der Waals surface area contributed by atoms with E-state index in [1.165, 1.54) is 0 Å². The maximum atomic E-state index is 5.09. The van der Waals surface area contributed by atoms with Crippen molar-refractivity contribution in [1.29, 1.82) is 0 Å². The summed E-state index contributed by atoms with van der Waals surface area (Å²) in [5.74, 6) is 1.81. The lowest BCUT2D eigenvalue weighted by Crippen LogP contribution is -2.07. The Morgan fingerprint density at radius 1 is 1.20 bits per heavy atom. The Balaban J connectivity index is 2.51. The van der Waals surface area contributed by atoms with E-state index in [0.717, 1.165) is 29.2 Å². The van der Waals surface area contributed by atoms with Gasteiger partial charge < -0.3 is 10.1 Å². The average molecular weight is 272 g/mol. The SMILES string of the molecule is CCNc1ncnc(-c2ccc(OC)nc2)c1C(C)C. The molecule has 2 aromatic rings. The first-order valence-electron chi connectivity index (χ1n) is 6.76. The third-order valence-corrected chi connectivity index (χ3v) is 3.02. The first kappa shape index (κ1) is 14.2. The zero-order valence-electron chi connectivity index (χ0n) is 12.3. The fourth-order valence-electron chi connectivity index (χ4n) is 2.12. The molecule has 2 heterocycles. The van der Waals surface area contributed by atoms with Crippen molar-refractivity contribution in [3.05, 3.63) is 30.2 Å².